The summed E-state index contributed by atoms with van der Waals surface area (Å²) < 4.78 is 54.0. The van der Waals surface area contributed by atoms with Gasteiger partial charge in [0, 0.05) is 42.8 Å². The summed E-state index contributed by atoms with van der Waals surface area (Å²) in [5.74, 6) is -7.57. The van der Waals surface area contributed by atoms with Gasteiger partial charge >= 0.3 is 5.97 Å². The predicted octanol–water partition coefficient (Wildman–Crippen LogP) is 3.59. The Hall–Kier alpha value is -2.34. The van der Waals surface area contributed by atoms with Crippen LogP contribution in [0, 0.1) is 23.3 Å². The van der Waals surface area contributed by atoms with Crippen LogP contribution < -0.4 is 5.32 Å². The minimum absolute atomic E-state index is 0.0399. The molecule has 1 unspecified atom stereocenters. The van der Waals surface area contributed by atoms with Gasteiger partial charge in [-0.1, -0.05) is 11.8 Å². The summed E-state index contributed by atoms with van der Waals surface area (Å²) in [5, 5.41) is 12.8. The largest absolute Gasteiger partial charge is 0.476 e. The zero-order valence-electron chi connectivity index (χ0n) is 14.8. The van der Waals surface area contributed by atoms with E-state index in [1.54, 1.807) is 4.90 Å². The van der Waals surface area contributed by atoms with E-state index in [1.165, 1.54) is 28.5 Å². The van der Waals surface area contributed by atoms with Gasteiger partial charge in [0.05, 0.1) is 5.69 Å². The Morgan fingerprint density at radius 1 is 1.31 bits per heavy atom. The van der Waals surface area contributed by atoms with E-state index in [-0.39, 0.29) is 30.6 Å². The van der Waals surface area contributed by atoms with E-state index in [1.807, 2.05) is 0 Å². The number of anilines is 1. The van der Waals surface area contributed by atoms with E-state index in [0.717, 1.165) is 0 Å². The SMILES string of the molecule is O=C(O)c1csc(SCCN2C(=O)CCC2CNc2cc(F)c(F)c(F)c2F)n1. The second-order valence-electron chi connectivity index (χ2n) is 6.16. The van der Waals surface area contributed by atoms with Gasteiger partial charge in [-0.25, -0.2) is 27.3 Å². The van der Waals surface area contributed by atoms with Crippen LogP contribution in [0.3, 0.4) is 0 Å². The van der Waals surface area contributed by atoms with Crippen LogP contribution in [-0.4, -0.2) is 51.8 Å². The normalized spacial score (nSPS) is 16.5. The van der Waals surface area contributed by atoms with E-state index in [2.05, 4.69) is 10.3 Å². The van der Waals surface area contributed by atoms with E-state index < -0.39 is 34.9 Å². The first kappa shape index (κ1) is 21.4. The van der Waals surface area contributed by atoms with E-state index in [4.69, 9.17) is 5.11 Å². The summed E-state index contributed by atoms with van der Waals surface area (Å²) in [5.41, 5.74) is -0.559. The number of benzene rings is 1. The molecule has 0 aliphatic carbocycles. The molecule has 1 fully saturated rings. The zero-order valence-corrected chi connectivity index (χ0v) is 16.4. The number of carboxylic acid groups (broad SMARTS) is 1. The van der Waals surface area contributed by atoms with Crippen molar-refractivity contribution in [2.75, 3.05) is 24.2 Å². The summed E-state index contributed by atoms with van der Waals surface area (Å²) in [6.07, 6.45) is 0.761. The van der Waals surface area contributed by atoms with Gasteiger partial charge in [0.25, 0.3) is 0 Å². The second kappa shape index (κ2) is 8.99. The summed E-state index contributed by atoms with van der Waals surface area (Å²) in [4.78, 5) is 28.5. The van der Waals surface area contributed by atoms with E-state index in [0.29, 0.717) is 29.1 Å². The minimum Gasteiger partial charge on any atom is -0.476 e. The first-order valence-corrected chi connectivity index (χ1v) is 10.3. The average molecular weight is 449 g/mol. The average Bonchev–Trinajstić information content (AvgIpc) is 3.30. The summed E-state index contributed by atoms with van der Waals surface area (Å²) in [6, 6.07) is 0.206. The summed E-state index contributed by atoms with van der Waals surface area (Å²) >= 11 is 2.49. The lowest BCUT2D eigenvalue weighted by atomic mass is 10.2. The van der Waals surface area contributed by atoms with Gasteiger partial charge in [0.2, 0.25) is 5.91 Å². The van der Waals surface area contributed by atoms with Gasteiger partial charge in [0.15, 0.2) is 33.3 Å². The molecule has 1 saturated heterocycles. The maximum Gasteiger partial charge on any atom is 0.355 e. The number of carbonyl (C=O) groups excluding carboxylic acids is 1. The molecule has 0 saturated carbocycles. The number of hydrogen-bond donors (Lipinski definition) is 2. The van der Waals surface area contributed by atoms with Crippen molar-refractivity contribution in [3.63, 3.8) is 0 Å². The van der Waals surface area contributed by atoms with Crippen LogP contribution in [0.15, 0.2) is 15.8 Å². The van der Waals surface area contributed by atoms with Gasteiger partial charge in [-0.15, -0.1) is 11.3 Å². The highest BCUT2D eigenvalue weighted by Crippen LogP contribution is 2.26. The number of thioether (sulfide) groups is 1. The van der Waals surface area contributed by atoms with Gasteiger partial charge in [0.1, 0.15) is 0 Å². The van der Waals surface area contributed by atoms with Crippen LogP contribution in [-0.2, 0) is 4.79 Å². The summed E-state index contributed by atoms with van der Waals surface area (Å²) in [6.45, 7) is 0.380. The van der Waals surface area contributed by atoms with Crippen molar-refractivity contribution in [2.45, 2.75) is 23.2 Å². The molecular weight excluding hydrogens is 434 g/mol. The van der Waals surface area contributed by atoms with Crippen LogP contribution in [0.2, 0.25) is 0 Å². The van der Waals surface area contributed by atoms with Crippen molar-refractivity contribution in [3.05, 3.63) is 40.4 Å². The Balaban J connectivity index is 1.57. The second-order valence-corrected chi connectivity index (χ2v) is 8.36. The van der Waals surface area contributed by atoms with Crippen LogP contribution >= 0.6 is 23.1 Å². The first-order chi connectivity index (χ1) is 13.8. The number of carbonyl (C=O) groups is 2. The predicted molar refractivity (Wildman–Crippen MR) is 99.3 cm³/mol. The fourth-order valence-corrected chi connectivity index (χ4v) is 4.70. The third-order valence-corrected chi connectivity index (χ3v) is 6.34. The van der Waals surface area contributed by atoms with Crippen molar-refractivity contribution >= 4 is 40.7 Å². The fraction of sp³-hybridized carbons (Fsp3) is 0.353. The molecule has 2 heterocycles. The number of halogens is 4. The number of thiazole rings is 1. The number of nitrogens with zero attached hydrogens (tertiary/aromatic N) is 2. The summed E-state index contributed by atoms with van der Waals surface area (Å²) in [7, 11) is 0. The fourth-order valence-electron chi connectivity index (χ4n) is 2.90. The highest BCUT2D eigenvalue weighted by molar-refractivity contribution is 8.01. The minimum atomic E-state index is -1.90. The number of nitrogens with one attached hydrogen (secondary N) is 1. The number of carboxylic acids is 1. The van der Waals surface area contributed by atoms with Crippen molar-refractivity contribution in [3.8, 4) is 0 Å². The molecule has 0 bridgehead atoms. The maximum absolute atomic E-state index is 13.8. The Labute approximate surface area is 170 Å². The van der Waals surface area contributed by atoms with Gasteiger partial charge in [-0.05, 0) is 6.42 Å². The van der Waals surface area contributed by atoms with Crippen LogP contribution in [0.5, 0.6) is 0 Å². The molecular formula is C17H15F4N3O3S2. The molecule has 1 aliphatic heterocycles. The lowest BCUT2D eigenvalue weighted by Gasteiger charge is -2.25. The number of aromatic nitrogens is 1. The van der Waals surface area contributed by atoms with Gasteiger partial charge in [-0.2, -0.15) is 0 Å². The zero-order chi connectivity index (χ0) is 21.1. The van der Waals surface area contributed by atoms with Gasteiger partial charge in [-0.3, -0.25) is 4.79 Å². The molecule has 0 spiro atoms. The highest BCUT2D eigenvalue weighted by atomic mass is 32.2. The quantitative estimate of drug-likeness (QED) is 0.277. The van der Waals surface area contributed by atoms with Crippen molar-refractivity contribution < 1.29 is 32.3 Å². The number of rotatable bonds is 8. The van der Waals surface area contributed by atoms with Crippen molar-refractivity contribution in [1.29, 1.82) is 0 Å². The standard InChI is InChI=1S/C17H15F4N3O3S2/c18-9-5-10(14(20)15(21)13(9)19)22-6-8-1-2-12(25)24(8)3-4-28-17-23-11(7-29-17)16(26)27/h5,7-8,22H,1-4,6H2,(H,26,27). The van der Waals surface area contributed by atoms with Crippen LogP contribution in [0.25, 0.3) is 0 Å². The molecule has 6 nitrogen and oxygen atoms in total. The Morgan fingerprint density at radius 3 is 2.76 bits per heavy atom. The molecule has 12 heteroatoms. The Morgan fingerprint density at radius 2 is 2.07 bits per heavy atom. The molecule has 29 heavy (non-hydrogen) atoms. The lowest BCUT2D eigenvalue weighted by molar-refractivity contribution is -0.128. The highest BCUT2D eigenvalue weighted by Gasteiger charge is 2.31. The molecule has 2 N–H and O–H groups in total. The van der Waals surface area contributed by atoms with Crippen LogP contribution in [0.4, 0.5) is 23.2 Å². The maximum atomic E-state index is 13.8. The van der Waals surface area contributed by atoms with E-state index in [9.17, 15) is 27.2 Å². The smallest absolute Gasteiger partial charge is 0.355 e. The monoisotopic (exact) mass is 449 g/mol. The lowest BCUT2D eigenvalue weighted by Crippen LogP contribution is -2.39. The van der Waals surface area contributed by atoms with Gasteiger partial charge < -0.3 is 15.3 Å². The molecule has 1 aromatic carbocycles. The van der Waals surface area contributed by atoms with E-state index >= 15 is 0 Å². The Kier molecular flexibility index (Phi) is 6.63. The number of aromatic carboxylic acids is 1. The van der Waals surface area contributed by atoms with Crippen LogP contribution in [0.1, 0.15) is 23.3 Å². The number of hydrogen-bond acceptors (Lipinski definition) is 6. The third-order valence-electron chi connectivity index (χ3n) is 4.34. The topological polar surface area (TPSA) is 82.5 Å². The third kappa shape index (κ3) is 4.81. The molecule has 3 rings (SSSR count). The number of likely N-dealkylation sites (tertiary alicyclic amines) is 1. The molecule has 156 valence electrons. The first-order valence-electron chi connectivity index (χ1n) is 8.46. The molecule has 1 aromatic heterocycles. The molecule has 1 aliphatic rings. The van der Waals surface area contributed by atoms with Crippen molar-refractivity contribution in [2.24, 2.45) is 0 Å². The molecule has 0 radical (unpaired) electrons. The molecule has 1 amide bonds. The Bertz CT molecular complexity index is 941. The van der Waals surface area contributed by atoms with Crippen molar-refractivity contribution in [1.82, 2.24) is 9.88 Å². The molecule has 1 atom stereocenters. The molecule has 2 aromatic rings. The number of amides is 1.